The van der Waals surface area contributed by atoms with Crippen LogP contribution in [0, 0.1) is 27.7 Å². The van der Waals surface area contributed by atoms with Crippen molar-refractivity contribution in [2.24, 2.45) is 5.73 Å². The Morgan fingerprint density at radius 3 is 2.41 bits per heavy atom. The Bertz CT molecular complexity index is 1370. The summed E-state index contributed by atoms with van der Waals surface area (Å²) in [4.78, 5) is 16.0. The van der Waals surface area contributed by atoms with Crippen LogP contribution in [0.2, 0.25) is 5.02 Å². The first-order valence-corrected chi connectivity index (χ1v) is 13.7. The molecule has 0 bridgehead atoms. The van der Waals surface area contributed by atoms with Gasteiger partial charge in [-0.15, -0.1) is 0 Å². The molecule has 5 nitrogen and oxygen atoms in total. The lowest BCUT2D eigenvalue weighted by Crippen LogP contribution is -2.14. The molecule has 0 unspecified atom stereocenters. The zero-order valence-corrected chi connectivity index (χ0v) is 23.9. The van der Waals surface area contributed by atoms with Crippen LogP contribution in [0.1, 0.15) is 40.8 Å². The number of hydrogen-bond donors (Lipinski definition) is 2. The molecule has 7 heteroatoms. The van der Waals surface area contributed by atoms with Gasteiger partial charge in [0.1, 0.15) is 5.75 Å². The molecule has 0 fully saturated rings. The maximum atomic E-state index is 11.6. The van der Waals surface area contributed by atoms with E-state index in [9.17, 15) is 4.79 Å². The summed E-state index contributed by atoms with van der Waals surface area (Å²) in [5, 5.41) is 1.99. The maximum Gasteiger partial charge on any atom is 0.219 e. The molecule has 4 aromatic rings. The third-order valence-electron chi connectivity index (χ3n) is 6.63. The Kier molecular flexibility index (Phi) is 10.1. The molecular weight excluding hydrogens is 502 g/mol. The van der Waals surface area contributed by atoms with Gasteiger partial charge in [0, 0.05) is 52.6 Å². The third-order valence-corrected chi connectivity index (χ3v) is 7.23. The van der Waals surface area contributed by atoms with Crippen LogP contribution in [0.4, 0.5) is 0 Å². The Morgan fingerprint density at radius 1 is 1.05 bits per heavy atom. The summed E-state index contributed by atoms with van der Waals surface area (Å²) in [6.45, 7) is 9.37. The van der Waals surface area contributed by atoms with Crippen molar-refractivity contribution in [3.63, 3.8) is 0 Å². The first-order valence-electron chi connectivity index (χ1n) is 12.4. The van der Waals surface area contributed by atoms with E-state index in [1.807, 2.05) is 44.4 Å². The molecule has 0 saturated heterocycles. The van der Waals surface area contributed by atoms with E-state index >= 15 is 0 Å². The van der Waals surface area contributed by atoms with Gasteiger partial charge in [-0.3, -0.25) is 9.78 Å². The number of pyridine rings is 1. The number of para-hydroxylation sites is 1. The maximum absolute atomic E-state index is 11.6. The van der Waals surface area contributed by atoms with E-state index in [1.165, 1.54) is 10.9 Å². The fourth-order valence-electron chi connectivity index (χ4n) is 4.81. The van der Waals surface area contributed by atoms with Gasteiger partial charge in [0.2, 0.25) is 5.91 Å². The number of benzene rings is 2. The highest BCUT2D eigenvalue weighted by Crippen LogP contribution is 2.36. The van der Waals surface area contributed by atoms with Gasteiger partial charge >= 0.3 is 0 Å². The SMILES string of the molecule is CS.Cc1ccncc1-c1cccc2c(CCCOc3cc(C)c(Cl)c(C)c3)c(C)n(CCC(N)=O)c12. The van der Waals surface area contributed by atoms with E-state index < -0.39 is 0 Å². The fraction of sp³-hybridized carbons (Fsp3) is 0.333. The number of carbonyl (C=O) groups excluding carboxylic acids is 1. The molecule has 2 N–H and O–H groups in total. The smallest absolute Gasteiger partial charge is 0.219 e. The molecule has 0 aliphatic rings. The lowest BCUT2D eigenvalue weighted by atomic mass is 9.98. The van der Waals surface area contributed by atoms with Crippen LogP contribution >= 0.6 is 24.2 Å². The van der Waals surface area contributed by atoms with E-state index in [0.717, 1.165) is 62.6 Å². The molecule has 0 spiro atoms. The highest BCUT2D eigenvalue weighted by atomic mass is 35.5. The molecule has 1 amide bonds. The number of nitrogens with two attached hydrogens (primary N) is 1. The summed E-state index contributed by atoms with van der Waals surface area (Å²) in [5.41, 5.74) is 14.5. The summed E-state index contributed by atoms with van der Waals surface area (Å²) < 4.78 is 8.30. The molecule has 0 saturated carbocycles. The van der Waals surface area contributed by atoms with Crippen molar-refractivity contribution in [2.45, 2.75) is 53.5 Å². The molecule has 37 heavy (non-hydrogen) atoms. The normalized spacial score (nSPS) is 10.8. The van der Waals surface area contributed by atoms with E-state index in [4.69, 9.17) is 22.1 Å². The zero-order chi connectivity index (χ0) is 27.1. The minimum absolute atomic E-state index is 0.294. The van der Waals surface area contributed by atoms with Crippen molar-refractivity contribution < 1.29 is 9.53 Å². The number of aryl methyl sites for hydroxylation is 5. The number of ether oxygens (including phenoxy) is 1. The Morgan fingerprint density at radius 2 is 1.76 bits per heavy atom. The van der Waals surface area contributed by atoms with Crippen molar-refractivity contribution in [3.8, 4) is 16.9 Å². The highest BCUT2D eigenvalue weighted by Gasteiger charge is 2.19. The minimum atomic E-state index is -0.301. The summed E-state index contributed by atoms with van der Waals surface area (Å²) in [6, 6.07) is 12.4. The fourth-order valence-corrected chi connectivity index (χ4v) is 4.92. The summed E-state index contributed by atoms with van der Waals surface area (Å²) in [6.07, 6.45) is 7.45. The summed E-state index contributed by atoms with van der Waals surface area (Å²) in [7, 11) is 0. The molecule has 2 heterocycles. The van der Waals surface area contributed by atoms with Crippen LogP contribution in [-0.2, 0) is 17.8 Å². The van der Waals surface area contributed by atoms with Crippen molar-refractivity contribution in [1.29, 1.82) is 0 Å². The number of fused-ring (bicyclic) bond motifs is 1. The predicted octanol–water partition coefficient (Wildman–Crippen LogP) is 7.02. The van der Waals surface area contributed by atoms with Gasteiger partial charge in [0.05, 0.1) is 12.1 Å². The van der Waals surface area contributed by atoms with Gasteiger partial charge in [-0.2, -0.15) is 12.6 Å². The number of nitrogens with zero attached hydrogens (tertiary/aromatic N) is 2. The Hall–Kier alpha value is -2.96. The number of carbonyl (C=O) groups is 1. The second-order valence-electron chi connectivity index (χ2n) is 9.15. The number of aromatic nitrogens is 2. The van der Waals surface area contributed by atoms with Crippen molar-refractivity contribution >= 4 is 41.0 Å². The van der Waals surface area contributed by atoms with Crippen molar-refractivity contribution in [3.05, 3.63) is 81.8 Å². The second-order valence-corrected chi connectivity index (χ2v) is 9.53. The number of thiol groups is 1. The Balaban J connectivity index is 0.00000186. The van der Waals surface area contributed by atoms with Gasteiger partial charge in [-0.25, -0.2) is 0 Å². The molecular formula is C30H36ClN3O2S. The van der Waals surface area contributed by atoms with Gasteiger partial charge in [0.15, 0.2) is 0 Å². The quantitative estimate of drug-likeness (QED) is 0.178. The number of rotatable bonds is 9. The van der Waals surface area contributed by atoms with E-state index in [2.05, 4.69) is 54.2 Å². The van der Waals surface area contributed by atoms with Crippen LogP contribution in [0.15, 0.2) is 48.8 Å². The largest absolute Gasteiger partial charge is 0.494 e. The molecule has 196 valence electrons. The van der Waals surface area contributed by atoms with Crippen LogP contribution in [-0.4, -0.2) is 28.3 Å². The average molecular weight is 538 g/mol. The summed E-state index contributed by atoms with van der Waals surface area (Å²) in [5.74, 6) is 0.545. The van der Waals surface area contributed by atoms with Crippen molar-refractivity contribution in [2.75, 3.05) is 12.9 Å². The average Bonchev–Trinajstić information content (AvgIpc) is 3.16. The lowest BCUT2D eigenvalue weighted by molar-refractivity contribution is -0.118. The third kappa shape index (κ3) is 6.49. The standard InChI is InChI=1S/C29H32ClN3O2.CH4S/c1-18-10-12-32-17-26(18)25-8-5-7-24-23(21(4)33(29(24)25)13-11-27(31)34)9-6-14-35-22-15-19(2)28(30)20(3)16-22;1-2/h5,7-8,10,12,15-17H,6,9,11,13-14H2,1-4H3,(H2,31,34);2H,1H3. The van der Waals surface area contributed by atoms with Gasteiger partial charge < -0.3 is 15.0 Å². The zero-order valence-electron chi connectivity index (χ0n) is 22.3. The van der Waals surface area contributed by atoms with Gasteiger partial charge in [-0.05, 0) is 87.2 Å². The first kappa shape index (κ1) is 28.6. The van der Waals surface area contributed by atoms with E-state index in [1.54, 1.807) is 6.26 Å². The molecule has 4 rings (SSSR count). The molecule has 0 aliphatic heterocycles. The van der Waals surface area contributed by atoms with Crippen LogP contribution in [0.25, 0.3) is 22.0 Å². The Labute approximate surface area is 230 Å². The topological polar surface area (TPSA) is 70.1 Å². The van der Waals surface area contributed by atoms with Crippen LogP contribution in [0.5, 0.6) is 5.75 Å². The number of primary amides is 1. The van der Waals surface area contributed by atoms with Crippen molar-refractivity contribution in [1.82, 2.24) is 9.55 Å². The minimum Gasteiger partial charge on any atom is -0.494 e. The lowest BCUT2D eigenvalue weighted by Gasteiger charge is -2.12. The highest BCUT2D eigenvalue weighted by molar-refractivity contribution is 7.79. The van der Waals surface area contributed by atoms with Gasteiger partial charge in [-0.1, -0.05) is 29.8 Å². The number of amides is 1. The first-order chi connectivity index (χ1) is 17.8. The van der Waals surface area contributed by atoms with Crippen LogP contribution in [0.3, 0.4) is 0 Å². The molecule has 0 atom stereocenters. The number of halogens is 1. The predicted molar refractivity (Wildman–Crippen MR) is 158 cm³/mol. The second kappa shape index (κ2) is 13.0. The van der Waals surface area contributed by atoms with Gasteiger partial charge in [0.25, 0.3) is 0 Å². The van der Waals surface area contributed by atoms with E-state index in [-0.39, 0.29) is 5.91 Å². The molecule has 2 aromatic heterocycles. The monoisotopic (exact) mass is 537 g/mol. The van der Waals surface area contributed by atoms with Crippen LogP contribution < -0.4 is 10.5 Å². The molecule has 0 aliphatic carbocycles. The van der Waals surface area contributed by atoms with E-state index in [0.29, 0.717) is 19.6 Å². The summed E-state index contributed by atoms with van der Waals surface area (Å²) >= 11 is 9.82. The number of hydrogen-bond acceptors (Lipinski definition) is 4. The molecule has 0 radical (unpaired) electrons. The molecule has 2 aromatic carbocycles.